The van der Waals surface area contributed by atoms with E-state index in [4.69, 9.17) is 4.74 Å². The van der Waals surface area contributed by atoms with Crippen LogP contribution in [0.15, 0.2) is 85.0 Å². The Labute approximate surface area is 228 Å². The third kappa shape index (κ3) is 4.01. The number of carbonyl (C=O) groups excluding carboxylic acids is 3. The molecular weight excluding hydrogens is 494 g/mol. The zero-order valence-electron chi connectivity index (χ0n) is 22.0. The molecule has 5 atom stereocenters. The summed E-state index contributed by atoms with van der Waals surface area (Å²) in [5, 5.41) is 9.60. The smallest absolute Gasteiger partial charge is 0.249 e. The van der Waals surface area contributed by atoms with E-state index >= 15 is 0 Å². The van der Waals surface area contributed by atoms with E-state index in [-0.39, 0.29) is 30.9 Å². The number of ether oxygens (including phenoxy) is 1. The molecule has 2 aromatic carbocycles. The van der Waals surface area contributed by atoms with E-state index in [2.05, 4.69) is 0 Å². The first kappa shape index (κ1) is 25.5. The minimum absolute atomic E-state index is 0.114. The highest BCUT2D eigenvalue weighted by atomic mass is 16.5. The fourth-order valence-corrected chi connectivity index (χ4v) is 6.84. The van der Waals surface area contributed by atoms with Crippen LogP contribution in [0.1, 0.15) is 18.9 Å². The third-order valence-electron chi connectivity index (χ3n) is 8.48. The van der Waals surface area contributed by atoms with Crippen LogP contribution in [0.3, 0.4) is 0 Å². The Morgan fingerprint density at radius 3 is 2.28 bits per heavy atom. The number of aliphatic hydroxyl groups is 1. The predicted molar refractivity (Wildman–Crippen MR) is 145 cm³/mol. The second-order valence-electron chi connectivity index (χ2n) is 10.9. The monoisotopic (exact) mass is 527 g/mol. The zero-order valence-corrected chi connectivity index (χ0v) is 22.0. The van der Waals surface area contributed by atoms with Crippen LogP contribution >= 0.6 is 0 Å². The number of hydrogen-bond donors (Lipinski definition) is 1. The van der Waals surface area contributed by atoms with Crippen molar-refractivity contribution < 1.29 is 24.2 Å². The molecule has 4 aliphatic heterocycles. The standard InChI is InChI=1S/C31H33N3O5/c1-30-15-8-18-33(23-13-6-3-7-14-23)27(36)24(30)25-28(37)34(19-10-20-35)26-29(38)32(17-9-16-31(25,26)39-30)21-22-11-4-2-5-12-22/h2-9,11-16,24-26,35H,10,17-21H2,1H3/t24-,25+,26?,30+,31+/m1/s1. The average molecular weight is 528 g/mol. The van der Waals surface area contributed by atoms with Gasteiger partial charge in [0, 0.05) is 38.5 Å². The van der Waals surface area contributed by atoms with Gasteiger partial charge in [0.2, 0.25) is 17.7 Å². The summed E-state index contributed by atoms with van der Waals surface area (Å²) in [5.41, 5.74) is -0.632. The number of para-hydroxylation sites is 1. The van der Waals surface area contributed by atoms with E-state index in [0.717, 1.165) is 11.3 Å². The van der Waals surface area contributed by atoms with Crippen molar-refractivity contribution in [2.24, 2.45) is 11.8 Å². The molecule has 2 fully saturated rings. The summed E-state index contributed by atoms with van der Waals surface area (Å²) in [6, 6.07) is 18.2. The number of hydrogen-bond acceptors (Lipinski definition) is 5. The second-order valence-corrected chi connectivity index (χ2v) is 10.9. The fourth-order valence-electron chi connectivity index (χ4n) is 6.84. The van der Waals surface area contributed by atoms with Crippen LogP contribution in [0.4, 0.5) is 5.69 Å². The number of likely N-dealkylation sites (tertiary alicyclic amines) is 1. The van der Waals surface area contributed by atoms with Gasteiger partial charge in [-0.25, -0.2) is 0 Å². The lowest BCUT2D eigenvalue weighted by Gasteiger charge is -2.37. The second kappa shape index (κ2) is 9.77. The van der Waals surface area contributed by atoms with E-state index in [1.807, 2.05) is 91.9 Å². The number of carbonyl (C=O) groups is 3. The molecule has 0 aliphatic carbocycles. The minimum atomic E-state index is -1.30. The van der Waals surface area contributed by atoms with Crippen LogP contribution in [0.25, 0.3) is 0 Å². The van der Waals surface area contributed by atoms with Crippen molar-refractivity contribution in [3.63, 3.8) is 0 Å². The highest BCUT2D eigenvalue weighted by molar-refractivity contribution is 6.04. The minimum Gasteiger partial charge on any atom is -0.396 e. The van der Waals surface area contributed by atoms with E-state index in [0.29, 0.717) is 26.1 Å². The van der Waals surface area contributed by atoms with Gasteiger partial charge in [-0.2, -0.15) is 0 Å². The van der Waals surface area contributed by atoms with Gasteiger partial charge in [0.05, 0.1) is 17.4 Å². The number of benzene rings is 2. The molecule has 4 aliphatic rings. The van der Waals surface area contributed by atoms with Gasteiger partial charge in [-0.05, 0) is 31.0 Å². The average Bonchev–Trinajstić information content (AvgIpc) is 3.21. The molecule has 3 amide bonds. The summed E-state index contributed by atoms with van der Waals surface area (Å²) in [5.74, 6) is -2.38. The molecule has 8 heteroatoms. The Morgan fingerprint density at radius 1 is 0.872 bits per heavy atom. The molecule has 4 heterocycles. The highest BCUT2D eigenvalue weighted by Crippen LogP contribution is 2.57. The molecule has 1 unspecified atom stereocenters. The molecule has 8 nitrogen and oxygen atoms in total. The van der Waals surface area contributed by atoms with Crippen LogP contribution in [-0.2, 0) is 25.7 Å². The Hall–Kier alpha value is -3.75. The first-order valence-electron chi connectivity index (χ1n) is 13.6. The fraction of sp³-hybridized carbons (Fsp3) is 0.387. The first-order chi connectivity index (χ1) is 18.9. The van der Waals surface area contributed by atoms with Crippen molar-refractivity contribution in [2.75, 3.05) is 31.1 Å². The molecule has 1 spiro atoms. The Balaban J connectivity index is 1.43. The molecule has 1 N–H and O–H groups in total. The quantitative estimate of drug-likeness (QED) is 0.584. The first-order valence-corrected chi connectivity index (χ1v) is 13.6. The Bertz CT molecular complexity index is 1330. The lowest BCUT2D eigenvalue weighted by molar-refractivity contribution is -0.151. The SMILES string of the molecule is C[C@]12C=CCN(c3ccccc3)C(=O)[C@H]1[C@H]1C(=O)N(CCCO)C3C(=O)N(Cc4ccccc4)CC=C[C@@]31O2. The number of aliphatic hydroxyl groups excluding tert-OH is 1. The molecule has 0 aromatic heterocycles. The molecule has 0 bridgehead atoms. The van der Waals surface area contributed by atoms with Gasteiger partial charge in [0.1, 0.15) is 11.6 Å². The molecular formula is C31H33N3O5. The van der Waals surface area contributed by atoms with Gasteiger partial charge in [-0.3, -0.25) is 14.4 Å². The highest BCUT2D eigenvalue weighted by Gasteiger charge is 2.74. The third-order valence-corrected chi connectivity index (χ3v) is 8.48. The van der Waals surface area contributed by atoms with E-state index in [1.165, 1.54) is 0 Å². The molecule has 39 heavy (non-hydrogen) atoms. The van der Waals surface area contributed by atoms with Crippen molar-refractivity contribution in [2.45, 2.75) is 37.1 Å². The van der Waals surface area contributed by atoms with Crippen molar-refractivity contribution in [1.29, 1.82) is 0 Å². The van der Waals surface area contributed by atoms with Crippen LogP contribution in [0.2, 0.25) is 0 Å². The van der Waals surface area contributed by atoms with Gasteiger partial charge in [0.15, 0.2) is 0 Å². The Morgan fingerprint density at radius 2 is 1.56 bits per heavy atom. The molecule has 6 rings (SSSR count). The maximum Gasteiger partial charge on any atom is 0.249 e. The van der Waals surface area contributed by atoms with Gasteiger partial charge in [0.25, 0.3) is 0 Å². The molecule has 0 saturated carbocycles. The van der Waals surface area contributed by atoms with Crippen LogP contribution < -0.4 is 4.90 Å². The van der Waals surface area contributed by atoms with E-state index in [9.17, 15) is 19.5 Å². The van der Waals surface area contributed by atoms with Crippen molar-refractivity contribution in [1.82, 2.24) is 9.80 Å². The predicted octanol–water partition coefficient (Wildman–Crippen LogP) is 2.54. The molecule has 202 valence electrons. The van der Waals surface area contributed by atoms with E-state index in [1.54, 1.807) is 14.7 Å². The molecule has 0 radical (unpaired) electrons. The normalized spacial score (nSPS) is 31.7. The molecule has 2 aromatic rings. The summed E-state index contributed by atoms with van der Waals surface area (Å²) >= 11 is 0. The summed E-state index contributed by atoms with van der Waals surface area (Å²) in [6.07, 6.45) is 7.88. The summed E-state index contributed by atoms with van der Waals surface area (Å²) < 4.78 is 6.84. The van der Waals surface area contributed by atoms with Crippen molar-refractivity contribution in [3.8, 4) is 0 Å². The maximum atomic E-state index is 14.3. The maximum absolute atomic E-state index is 14.3. The van der Waals surface area contributed by atoms with Crippen LogP contribution in [0.5, 0.6) is 0 Å². The number of fused-ring (bicyclic) bond motifs is 2. The number of anilines is 1. The van der Waals surface area contributed by atoms with Gasteiger partial charge in [-0.15, -0.1) is 0 Å². The summed E-state index contributed by atoms with van der Waals surface area (Å²) in [7, 11) is 0. The van der Waals surface area contributed by atoms with Crippen molar-refractivity contribution >= 4 is 23.4 Å². The van der Waals surface area contributed by atoms with Gasteiger partial charge >= 0.3 is 0 Å². The number of nitrogens with zero attached hydrogens (tertiary/aromatic N) is 3. The van der Waals surface area contributed by atoms with E-state index < -0.39 is 29.1 Å². The molecule has 2 saturated heterocycles. The van der Waals surface area contributed by atoms with Crippen molar-refractivity contribution in [3.05, 3.63) is 90.5 Å². The largest absolute Gasteiger partial charge is 0.396 e. The van der Waals surface area contributed by atoms with Gasteiger partial charge < -0.3 is 24.5 Å². The summed E-state index contributed by atoms with van der Waals surface area (Å²) in [6.45, 7) is 3.06. The topological polar surface area (TPSA) is 90.4 Å². The van der Waals surface area contributed by atoms with Crippen LogP contribution in [-0.4, -0.2) is 76.1 Å². The van der Waals surface area contributed by atoms with Crippen LogP contribution in [0, 0.1) is 11.8 Å². The van der Waals surface area contributed by atoms with Gasteiger partial charge in [-0.1, -0.05) is 72.8 Å². The zero-order chi connectivity index (χ0) is 27.2. The number of amides is 3. The lowest BCUT2D eigenvalue weighted by atomic mass is 9.74. The Kier molecular flexibility index (Phi) is 6.40. The number of rotatable bonds is 6. The summed E-state index contributed by atoms with van der Waals surface area (Å²) in [4.78, 5) is 47.7. The lowest BCUT2D eigenvalue weighted by Crippen LogP contribution is -2.55.